The van der Waals surface area contributed by atoms with Gasteiger partial charge in [-0.25, -0.2) is 0 Å². The number of hydrogen-bond acceptors (Lipinski definition) is 6. The molecule has 0 atom stereocenters. The number of nitro groups is 1. The van der Waals surface area contributed by atoms with Crippen molar-refractivity contribution in [2.75, 3.05) is 11.4 Å². The van der Waals surface area contributed by atoms with Gasteiger partial charge in [-0.15, -0.1) is 0 Å². The highest BCUT2D eigenvalue weighted by Crippen LogP contribution is 2.39. The SMILES string of the molecule is O=C1C(c2ccc([N+](=O)[O-])cc2)=C(N2CCc3ccccc32)C(=O)N1Cc1cccnc1. The summed E-state index contributed by atoms with van der Waals surface area (Å²) in [4.78, 5) is 44.8. The number of fused-ring (bicyclic) bond motifs is 1. The van der Waals surface area contributed by atoms with E-state index in [2.05, 4.69) is 4.98 Å². The topological polar surface area (TPSA) is 96.6 Å². The second-order valence-corrected chi connectivity index (χ2v) is 7.62. The number of aromatic nitrogens is 1. The lowest BCUT2D eigenvalue weighted by Crippen LogP contribution is -2.34. The Labute approximate surface area is 183 Å². The van der Waals surface area contributed by atoms with Crippen LogP contribution in [0.2, 0.25) is 0 Å². The molecular weight excluding hydrogens is 408 g/mol. The van der Waals surface area contributed by atoms with E-state index in [0.717, 1.165) is 23.2 Å². The van der Waals surface area contributed by atoms with Gasteiger partial charge in [-0.05, 0) is 47.4 Å². The number of imide groups is 1. The van der Waals surface area contributed by atoms with Crippen molar-refractivity contribution in [3.05, 3.63) is 106 Å². The number of pyridine rings is 1. The van der Waals surface area contributed by atoms with Crippen molar-refractivity contribution in [2.45, 2.75) is 13.0 Å². The smallest absolute Gasteiger partial charge is 0.278 e. The molecule has 32 heavy (non-hydrogen) atoms. The second kappa shape index (κ2) is 7.73. The number of anilines is 1. The van der Waals surface area contributed by atoms with E-state index in [-0.39, 0.29) is 23.7 Å². The molecule has 2 aromatic carbocycles. The minimum atomic E-state index is -0.494. The first kappa shape index (κ1) is 19.6. The predicted molar refractivity (Wildman–Crippen MR) is 117 cm³/mol. The molecule has 2 aliphatic rings. The molecule has 0 bridgehead atoms. The fourth-order valence-electron chi connectivity index (χ4n) is 4.21. The van der Waals surface area contributed by atoms with E-state index in [0.29, 0.717) is 17.8 Å². The number of rotatable bonds is 5. The van der Waals surface area contributed by atoms with Gasteiger partial charge in [0.2, 0.25) is 0 Å². The van der Waals surface area contributed by atoms with Crippen molar-refractivity contribution in [1.29, 1.82) is 0 Å². The van der Waals surface area contributed by atoms with Crippen LogP contribution >= 0.6 is 0 Å². The molecule has 8 nitrogen and oxygen atoms in total. The third kappa shape index (κ3) is 3.22. The average molecular weight is 426 g/mol. The number of nitro benzene ring substituents is 1. The van der Waals surface area contributed by atoms with E-state index in [1.54, 1.807) is 18.5 Å². The lowest BCUT2D eigenvalue weighted by atomic mass is 10.0. The van der Waals surface area contributed by atoms with Gasteiger partial charge < -0.3 is 4.90 Å². The first-order chi connectivity index (χ1) is 15.5. The highest BCUT2D eigenvalue weighted by Gasteiger charge is 2.43. The summed E-state index contributed by atoms with van der Waals surface area (Å²) in [6, 6.07) is 17.1. The first-order valence-corrected chi connectivity index (χ1v) is 10.1. The van der Waals surface area contributed by atoms with Gasteiger partial charge in [-0.2, -0.15) is 0 Å². The molecule has 158 valence electrons. The van der Waals surface area contributed by atoms with E-state index in [9.17, 15) is 19.7 Å². The Morgan fingerprint density at radius 2 is 1.75 bits per heavy atom. The molecule has 2 aliphatic heterocycles. The van der Waals surface area contributed by atoms with Crippen LogP contribution in [0.4, 0.5) is 11.4 Å². The maximum absolute atomic E-state index is 13.6. The van der Waals surface area contributed by atoms with Crippen LogP contribution in [-0.2, 0) is 22.6 Å². The molecule has 0 aliphatic carbocycles. The highest BCUT2D eigenvalue weighted by molar-refractivity contribution is 6.36. The highest BCUT2D eigenvalue weighted by atomic mass is 16.6. The molecule has 0 spiro atoms. The normalized spacial score (nSPS) is 15.5. The summed E-state index contributed by atoms with van der Waals surface area (Å²) in [7, 11) is 0. The van der Waals surface area contributed by atoms with E-state index < -0.39 is 10.8 Å². The van der Waals surface area contributed by atoms with Gasteiger partial charge in [0.15, 0.2) is 0 Å². The lowest BCUT2D eigenvalue weighted by Gasteiger charge is -2.21. The summed E-state index contributed by atoms with van der Waals surface area (Å²) < 4.78 is 0. The molecule has 5 rings (SSSR count). The Morgan fingerprint density at radius 1 is 0.969 bits per heavy atom. The maximum atomic E-state index is 13.6. The Morgan fingerprint density at radius 3 is 2.47 bits per heavy atom. The molecule has 3 aromatic rings. The van der Waals surface area contributed by atoms with Crippen molar-refractivity contribution >= 4 is 28.8 Å². The van der Waals surface area contributed by atoms with Crippen molar-refractivity contribution < 1.29 is 14.5 Å². The van der Waals surface area contributed by atoms with Crippen molar-refractivity contribution in [2.24, 2.45) is 0 Å². The monoisotopic (exact) mass is 426 g/mol. The molecule has 2 amide bonds. The summed E-state index contributed by atoms with van der Waals surface area (Å²) in [5.74, 6) is -0.809. The molecule has 0 unspecified atom stereocenters. The molecule has 3 heterocycles. The quantitative estimate of drug-likeness (QED) is 0.353. The Hall–Kier alpha value is -4.33. The molecule has 0 fully saturated rings. The number of nitrogens with zero attached hydrogens (tertiary/aromatic N) is 4. The summed E-state index contributed by atoms with van der Waals surface area (Å²) >= 11 is 0. The minimum absolute atomic E-state index is 0.0774. The number of benzene rings is 2. The zero-order chi connectivity index (χ0) is 22.2. The molecular formula is C24H18N4O4. The van der Waals surface area contributed by atoms with E-state index >= 15 is 0 Å². The van der Waals surface area contributed by atoms with Gasteiger partial charge in [-0.3, -0.25) is 29.6 Å². The molecule has 0 saturated carbocycles. The van der Waals surface area contributed by atoms with E-state index in [4.69, 9.17) is 0 Å². The average Bonchev–Trinajstić information content (AvgIpc) is 3.34. The van der Waals surface area contributed by atoms with Crippen LogP contribution in [0.1, 0.15) is 16.7 Å². The number of para-hydroxylation sites is 1. The fraction of sp³-hybridized carbons (Fsp3) is 0.125. The van der Waals surface area contributed by atoms with Crippen LogP contribution in [0.5, 0.6) is 0 Å². The van der Waals surface area contributed by atoms with Crippen molar-refractivity contribution in [1.82, 2.24) is 9.88 Å². The Balaban J connectivity index is 1.61. The van der Waals surface area contributed by atoms with Crippen molar-refractivity contribution in [3.63, 3.8) is 0 Å². The zero-order valence-corrected chi connectivity index (χ0v) is 17.0. The number of amides is 2. The van der Waals surface area contributed by atoms with Gasteiger partial charge >= 0.3 is 0 Å². The van der Waals surface area contributed by atoms with Gasteiger partial charge in [0, 0.05) is 36.8 Å². The van der Waals surface area contributed by atoms with Gasteiger partial charge in [0.05, 0.1) is 17.0 Å². The Kier molecular flexibility index (Phi) is 4.74. The number of carbonyl (C=O) groups is 2. The van der Waals surface area contributed by atoms with Crippen LogP contribution in [-0.4, -0.2) is 33.2 Å². The van der Waals surface area contributed by atoms with Gasteiger partial charge in [-0.1, -0.05) is 24.3 Å². The second-order valence-electron chi connectivity index (χ2n) is 7.62. The zero-order valence-electron chi connectivity index (χ0n) is 17.0. The van der Waals surface area contributed by atoms with E-state index in [1.807, 2.05) is 35.2 Å². The van der Waals surface area contributed by atoms with Gasteiger partial charge in [0.1, 0.15) is 5.70 Å². The van der Waals surface area contributed by atoms with Crippen LogP contribution in [0.15, 0.2) is 78.8 Å². The molecule has 0 N–H and O–H groups in total. The van der Waals surface area contributed by atoms with E-state index in [1.165, 1.54) is 29.2 Å². The van der Waals surface area contributed by atoms with Crippen LogP contribution in [0, 0.1) is 10.1 Å². The van der Waals surface area contributed by atoms with Gasteiger partial charge in [0.25, 0.3) is 17.5 Å². The predicted octanol–water partition coefficient (Wildman–Crippen LogP) is 3.33. The fourth-order valence-corrected chi connectivity index (χ4v) is 4.21. The Bertz CT molecular complexity index is 1270. The van der Waals surface area contributed by atoms with Crippen molar-refractivity contribution in [3.8, 4) is 0 Å². The third-order valence-corrected chi connectivity index (χ3v) is 5.73. The molecule has 0 radical (unpaired) electrons. The minimum Gasteiger partial charge on any atom is -0.336 e. The molecule has 8 heteroatoms. The van der Waals surface area contributed by atoms with Crippen LogP contribution in [0.25, 0.3) is 5.57 Å². The summed E-state index contributed by atoms with van der Waals surface area (Å²) in [6.07, 6.45) is 4.01. The van der Waals surface area contributed by atoms with Crippen LogP contribution < -0.4 is 4.90 Å². The first-order valence-electron chi connectivity index (χ1n) is 10.1. The number of hydrogen-bond donors (Lipinski definition) is 0. The third-order valence-electron chi connectivity index (χ3n) is 5.73. The maximum Gasteiger partial charge on any atom is 0.278 e. The molecule has 0 saturated heterocycles. The summed E-state index contributed by atoms with van der Waals surface area (Å²) in [5, 5.41) is 11.1. The summed E-state index contributed by atoms with van der Waals surface area (Å²) in [5.41, 5.74) is 3.69. The molecule has 1 aromatic heterocycles. The number of non-ortho nitro benzene ring substituents is 1. The largest absolute Gasteiger partial charge is 0.336 e. The summed E-state index contributed by atoms with van der Waals surface area (Å²) in [6.45, 7) is 0.673. The number of carbonyl (C=O) groups excluding carboxylic acids is 2. The standard InChI is InChI=1S/C24H18N4O4/c29-23-21(18-7-9-19(10-8-18)28(31)32)22(26-13-11-17-5-1-2-6-20(17)26)24(30)27(23)15-16-4-3-12-25-14-16/h1-10,12,14H,11,13,15H2. The lowest BCUT2D eigenvalue weighted by molar-refractivity contribution is -0.384. The van der Waals surface area contributed by atoms with Crippen LogP contribution in [0.3, 0.4) is 0 Å².